The van der Waals surface area contributed by atoms with Crippen molar-refractivity contribution in [2.45, 2.75) is 13.5 Å². The van der Waals surface area contributed by atoms with E-state index in [1.54, 1.807) is 36.5 Å². The number of aromatic nitrogens is 4. The first kappa shape index (κ1) is 23.8. The summed E-state index contributed by atoms with van der Waals surface area (Å²) in [7, 11) is 0. The Hall–Kier alpha value is -3.86. The van der Waals surface area contributed by atoms with Crippen LogP contribution >= 0.6 is 0 Å². The van der Waals surface area contributed by atoms with E-state index in [9.17, 15) is 14.0 Å². The van der Waals surface area contributed by atoms with Crippen molar-refractivity contribution in [3.8, 4) is 11.4 Å². The van der Waals surface area contributed by atoms with E-state index in [4.69, 9.17) is 9.47 Å². The fourth-order valence-electron chi connectivity index (χ4n) is 2.84. The van der Waals surface area contributed by atoms with Gasteiger partial charge in [0.2, 0.25) is 0 Å². The van der Waals surface area contributed by atoms with E-state index in [1.807, 2.05) is 13.0 Å². The highest BCUT2D eigenvalue weighted by Crippen LogP contribution is 2.24. The summed E-state index contributed by atoms with van der Waals surface area (Å²) < 4.78 is 24.4. The molecule has 0 aliphatic carbocycles. The predicted molar refractivity (Wildman–Crippen MR) is 117 cm³/mol. The maximum absolute atomic E-state index is 12.4. The van der Waals surface area contributed by atoms with Crippen molar-refractivity contribution in [2.24, 2.45) is 0 Å². The summed E-state index contributed by atoms with van der Waals surface area (Å²) in [6.45, 7) is 2.26. The van der Waals surface area contributed by atoms with Crippen LogP contribution in [0.5, 0.6) is 5.75 Å². The van der Waals surface area contributed by atoms with Gasteiger partial charge in [0.1, 0.15) is 24.7 Å². The number of alkyl halides is 1. The molecule has 0 saturated carbocycles. The van der Waals surface area contributed by atoms with Gasteiger partial charge in [0.15, 0.2) is 5.69 Å². The van der Waals surface area contributed by atoms with Gasteiger partial charge in [0, 0.05) is 18.3 Å². The molecule has 0 saturated heterocycles. The molecule has 0 fully saturated rings. The first-order chi connectivity index (χ1) is 16.1. The van der Waals surface area contributed by atoms with Crippen LogP contribution in [0.2, 0.25) is 0 Å². The number of nitrogens with one attached hydrogen (secondary N) is 2. The fourth-order valence-corrected chi connectivity index (χ4v) is 2.84. The van der Waals surface area contributed by atoms with Crippen LogP contribution in [0.4, 0.5) is 4.39 Å². The van der Waals surface area contributed by atoms with Gasteiger partial charge in [-0.25, -0.2) is 9.07 Å². The lowest BCUT2D eigenvalue weighted by Gasteiger charge is -2.13. The highest BCUT2D eigenvalue weighted by atomic mass is 19.1. The first-order valence-corrected chi connectivity index (χ1v) is 10.4. The summed E-state index contributed by atoms with van der Waals surface area (Å²) in [4.78, 5) is 28.8. The van der Waals surface area contributed by atoms with Crippen LogP contribution in [-0.2, 0) is 11.3 Å². The lowest BCUT2D eigenvalue weighted by molar-refractivity contribution is 0.0894. The molecule has 2 aromatic heterocycles. The number of rotatable bonds is 12. The topological polar surface area (TPSA) is 120 Å². The predicted octanol–water partition coefficient (Wildman–Crippen LogP) is 1.71. The minimum absolute atomic E-state index is 0.0186. The van der Waals surface area contributed by atoms with Crippen LogP contribution < -0.4 is 15.4 Å². The van der Waals surface area contributed by atoms with Gasteiger partial charge >= 0.3 is 0 Å². The molecule has 0 bridgehead atoms. The second kappa shape index (κ2) is 12.2. The molecule has 0 atom stereocenters. The van der Waals surface area contributed by atoms with Gasteiger partial charge < -0.3 is 20.1 Å². The minimum atomic E-state index is -0.581. The van der Waals surface area contributed by atoms with Crippen LogP contribution in [0, 0.1) is 0 Å². The Labute approximate surface area is 190 Å². The highest BCUT2D eigenvalue weighted by Gasteiger charge is 2.16. The Balaban J connectivity index is 1.75. The van der Waals surface area contributed by atoms with Gasteiger partial charge in [-0.2, -0.15) is 0 Å². The quantitative estimate of drug-likeness (QED) is 0.398. The zero-order valence-corrected chi connectivity index (χ0v) is 18.2. The lowest BCUT2D eigenvalue weighted by atomic mass is 10.1. The number of benzene rings is 1. The summed E-state index contributed by atoms with van der Waals surface area (Å²) in [6, 6.07) is 10.3. The molecule has 2 amide bonds. The largest absolute Gasteiger partial charge is 0.489 e. The number of ether oxygens (including phenoxy) is 2. The highest BCUT2D eigenvalue weighted by molar-refractivity contribution is 5.95. The van der Waals surface area contributed by atoms with E-state index in [-0.39, 0.29) is 38.0 Å². The van der Waals surface area contributed by atoms with E-state index >= 15 is 0 Å². The number of carbonyl (C=O) groups excluding carboxylic acids is 2. The number of hydrogen-bond donors (Lipinski definition) is 2. The van der Waals surface area contributed by atoms with Gasteiger partial charge in [-0.3, -0.25) is 14.6 Å². The number of carbonyl (C=O) groups is 2. The Morgan fingerprint density at radius 1 is 1.09 bits per heavy atom. The molecule has 0 spiro atoms. The molecule has 2 N–H and O–H groups in total. The number of hydrogen-bond acceptors (Lipinski definition) is 7. The molecule has 10 nitrogen and oxygen atoms in total. The molecule has 174 valence electrons. The van der Waals surface area contributed by atoms with Crippen LogP contribution in [0.15, 0.2) is 48.8 Å². The second-order valence-electron chi connectivity index (χ2n) is 6.74. The van der Waals surface area contributed by atoms with Crippen LogP contribution in [0.1, 0.15) is 33.5 Å². The number of nitrogens with zero attached hydrogens (tertiary/aromatic N) is 4. The van der Waals surface area contributed by atoms with Crippen molar-refractivity contribution in [1.82, 2.24) is 30.6 Å². The summed E-state index contributed by atoms with van der Waals surface area (Å²) in [5.74, 6) is -0.323. The molecular weight excluding hydrogens is 431 g/mol. The van der Waals surface area contributed by atoms with Crippen molar-refractivity contribution in [3.63, 3.8) is 0 Å². The maximum Gasteiger partial charge on any atom is 0.273 e. The number of amides is 2. The van der Waals surface area contributed by atoms with Crippen molar-refractivity contribution >= 4 is 11.8 Å². The molecule has 3 aromatic rings. The Kier molecular flexibility index (Phi) is 8.83. The van der Waals surface area contributed by atoms with Gasteiger partial charge in [-0.15, -0.1) is 5.10 Å². The first-order valence-electron chi connectivity index (χ1n) is 10.4. The third-order valence-corrected chi connectivity index (χ3v) is 4.40. The molecule has 3 rings (SSSR count). The molecule has 1 aromatic carbocycles. The Morgan fingerprint density at radius 2 is 1.97 bits per heavy atom. The number of pyridine rings is 1. The second-order valence-corrected chi connectivity index (χ2v) is 6.74. The van der Waals surface area contributed by atoms with Crippen LogP contribution in [-0.4, -0.2) is 64.8 Å². The molecule has 0 unspecified atom stereocenters. The zero-order valence-electron chi connectivity index (χ0n) is 18.2. The van der Waals surface area contributed by atoms with E-state index in [0.29, 0.717) is 29.2 Å². The SMILES string of the molecule is CCNC(=O)c1ccc(-n2cc(C(=O)NCc3ccccn3)nn2)c(OCCOCCF)c1. The summed E-state index contributed by atoms with van der Waals surface area (Å²) >= 11 is 0. The normalized spacial score (nSPS) is 10.6. The smallest absolute Gasteiger partial charge is 0.273 e. The summed E-state index contributed by atoms with van der Waals surface area (Å²) in [6.07, 6.45) is 3.10. The maximum atomic E-state index is 12.4. The molecule has 0 aliphatic heterocycles. The van der Waals surface area contributed by atoms with Gasteiger partial charge in [0.25, 0.3) is 11.8 Å². The minimum Gasteiger partial charge on any atom is -0.489 e. The average molecular weight is 456 g/mol. The monoisotopic (exact) mass is 456 g/mol. The van der Waals surface area contributed by atoms with Crippen molar-refractivity contribution in [1.29, 1.82) is 0 Å². The third kappa shape index (κ3) is 6.81. The van der Waals surface area contributed by atoms with Gasteiger partial charge in [-0.1, -0.05) is 11.3 Å². The lowest BCUT2D eigenvalue weighted by Crippen LogP contribution is -2.23. The Bertz CT molecular complexity index is 1060. The zero-order chi connectivity index (χ0) is 23.5. The molecule has 11 heteroatoms. The van der Waals surface area contributed by atoms with E-state index < -0.39 is 12.6 Å². The molecule has 33 heavy (non-hydrogen) atoms. The number of halogens is 1. The molecular formula is C22H25FN6O4. The summed E-state index contributed by atoms with van der Waals surface area (Å²) in [5, 5.41) is 13.4. The van der Waals surface area contributed by atoms with Gasteiger partial charge in [-0.05, 0) is 37.3 Å². The standard InChI is InChI=1S/C22H25FN6O4/c1-2-24-21(30)16-6-7-19(20(13-16)33-12-11-32-10-8-23)29-15-18(27-28-29)22(31)26-14-17-5-3-4-9-25-17/h3-7,9,13,15H,2,8,10-12,14H2,1H3,(H,24,30)(H,26,31). The van der Waals surface area contributed by atoms with Gasteiger partial charge in [0.05, 0.1) is 31.6 Å². The van der Waals surface area contributed by atoms with Crippen molar-refractivity contribution in [2.75, 3.05) is 33.0 Å². The molecule has 0 aliphatic rings. The average Bonchev–Trinajstić information content (AvgIpc) is 3.33. The molecule has 0 radical (unpaired) electrons. The van der Waals surface area contributed by atoms with Crippen molar-refractivity contribution < 1.29 is 23.5 Å². The third-order valence-electron chi connectivity index (χ3n) is 4.40. The Morgan fingerprint density at radius 3 is 2.73 bits per heavy atom. The van der Waals surface area contributed by atoms with E-state index in [2.05, 4.69) is 25.9 Å². The summed E-state index contributed by atoms with van der Waals surface area (Å²) in [5.41, 5.74) is 1.69. The fraction of sp³-hybridized carbons (Fsp3) is 0.318. The van der Waals surface area contributed by atoms with Crippen LogP contribution in [0.3, 0.4) is 0 Å². The van der Waals surface area contributed by atoms with Crippen molar-refractivity contribution in [3.05, 3.63) is 65.7 Å². The van der Waals surface area contributed by atoms with E-state index in [0.717, 1.165) is 0 Å². The van der Waals surface area contributed by atoms with E-state index in [1.165, 1.54) is 10.9 Å². The van der Waals surface area contributed by atoms with Crippen LogP contribution in [0.25, 0.3) is 5.69 Å². The molecule has 2 heterocycles.